The lowest BCUT2D eigenvalue weighted by Crippen LogP contribution is -2.51. The molecule has 2 amide bonds. The van der Waals surface area contributed by atoms with Gasteiger partial charge in [-0.2, -0.15) is 0 Å². The van der Waals surface area contributed by atoms with Gasteiger partial charge in [-0.1, -0.05) is 6.07 Å². The average molecular weight is 346 g/mol. The Morgan fingerprint density at radius 3 is 2.83 bits per heavy atom. The zero-order valence-corrected chi connectivity index (χ0v) is 12.9. The first-order chi connectivity index (χ1) is 11.3. The van der Waals surface area contributed by atoms with Crippen molar-refractivity contribution in [2.24, 2.45) is 5.92 Å². The van der Waals surface area contributed by atoms with E-state index in [1.165, 1.54) is 19.2 Å². The molecule has 1 heterocycles. The van der Waals surface area contributed by atoms with Gasteiger partial charge in [0.25, 0.3) is 0 Å². The maximum absolute atomic E-state index is 12.4. The summed E-state index contributed by atoms with van der Waals surface area (Å²) in [5.41, 5.74) is 0.176. The van der Waals surface area contributed by atoms with Crippen LogP contribution in [0, 0.1) is 5.92 Å². The van der Waals surface area contributed by atoms with Crippen molar-refractivity contribution in [1.29, 1.82) is 0 Å². The van der Waals surface area contributed by atoms with Crippen LogP contribution >= 0.6 is 0 Å². The fraction of sp³-hybridized carbons (Fsp3) is 0.467. The van der Waals surface area contributed by atoms with Gasteiger partial charge >= 0.3 is 6.36 Å². The van der Waals surface area contributed by atoms with Crippen molar-refractivity contribution in [2.45, 2.75) is 25.2 Å². The molecule has 2 atom stereocenters. The van der Waals surface area contributed by atoms with Crippen LogP contribution in [0.15, 0.2) is 24.3 Å². The highest BCUT2D eigenvalue weighted by Gasteiger charge is 2.34. The van der Waals surface area contributed by atoms with E-state index in [4.69, 9.17) is 4.74 Å². The number of halogens is 3. The second-order valence-electron chi connectivity index (χ2n) is 5.34. The fourth-order valence-electron chi connectivity index (χ4n) is 2.52. The highest BCUT2D eigenvalue weighted by molar-refractivity contribution is 5.94. The summed E-state index contributed by atoms with van der Waals surface area (Å²) in [6.07, 6.45) is -4.26. The maximum Gasteiger partial charge on any atom is 0.573 e. The quantitative estimate of drug-likeness (QED) is 0.856. The van der Waals surface area contributed by atoms with E-state index in [1.807, 2.05) is 0 Å². The van der Waals surface area contributed by atoms with E-state index >= 15 is 0 Å². The maximum atomic E-state index is 12.4. The van der Waals surface area contributed by atoms with Gasteiger partial charge in [-0.3, -0.25) is 9.59 Å². The van der Waals surface area contributed by atoms with E-state index in [2.05, 4.69) is 15.4 Å². The number of amides is 2. The van der Waals surface area contributed by atoms with Gasteiger partial charge < -0.3 is 20.1 Å². The lowest BCUT2D eigenvalue weighted by molar-refractivity contribution is -0.274. The Kier molecular flexibility index (Phi) is 5.66. The van der Waals surface area contributed by atoms with Crippen LogP contribution in [-0.4, -0.2) is 37.9 Å². The van der Waals surface area contributed by atoms with Crippen molar-refractivity contribution in [1.82, 2.24) is 5.32 Å². The van der Waals surface area contributed by atoms with Crippen LogP contribution in [-0.2, 0) is 14.3 Å². The molecule has 6 nitrogen and oxygen atoms in total. The Morgan fingerprint density at radius 1 is 1.42 bits per heavy atom. The topological polar surface area (TPSA) is 76.7 Å². The molecule has 0 saturated carbocycles. The molecule has 0 aromatic heterocycles. The molecule has 9 heteroatoms. The number of piperidine rings is 1. The van der Waals surface area contributed by atoms with Crippen LogP contribution in [0.25, 0.3) is 0 Å². The highest BCUT2D eigenvalue weighted by Crippen LogP contribution is 2.26. The third kappa shape index (κ3) is 5.12. The third-order valence-electron chi connectivity index (χ3n) is 3.53. The number of benzene rings is 1. The summed E-state index contributed by atoms with van der Waals surface area (Å²) in [4.78, 5) is 23.8. The SMILES string of the molecule is COC[C@H]1NC(=O)CC[C@H]1C(=O)Nc1cccc(OC(F)(F)F)c1. The summed E-state index contributed by atoms with van der Waals surface area (Å²) in [5.74, 6) is -1.52. The molecular formula is C15H17F3N2O4. The van der Waals surface area contributed by atoms with E-state index in [1.54, 1.807) is 0 Å². The minimum atomic E-state index is -4.81. The number of rotatable bonds is 5. The number of nitrogens with one attached hydrogen (secondary N) is 2. The number of carbonyl (C=O) groups is 2. The number of ether oxygens (including phenoxy) is 2. The number of alkyl halides is 3. The van der Waals surface area contributed by atoms with Gasteiger partial charge in [-0.25, -0.2) is 0 Å². The average Bonchev–Trinajstić information content (AvgIpc) is 2.46. The second kappa shape index (κ2) is 7.52. The summed E-state index contributed by atoms with van der Waals surface area (Å²) in [6, 6.07) is 4.53. The van der Waals surface area contributed by atoms with E-state index in [-0.39, 0.29) is 24.6 Å². The number of anilines is 1. The molecule has 1 aliphatic heterocycles. The van der Waals surface area contributed by atoms with Crippen molar-refractivity contribution in [2.75, 3.05) is 19.0 Å². The second-order valence-corrected chi connectivity index (χ2v) is 5.34. The molecule has 2 N–H and O–H groups in total. The number of hydrogen-bond donors (Lipinski definition) is 2. The monoisotopic (exact) mass is 346 g/mol. The van der Waals surface area contributed by atoms with Gasteiger partial charge in [0, 0.05) is 25.3 Å². The van der Waals surface area contributed by atoms with Gasteiger partial charge in [0.15, 0.2) is 0 Å². The Balaban J connectivity index is 2.05. The predicted octanol–water partition coefficient (Wildman–Crippen LogP) is 2.06. The van der Waals surface area contributed by atoms with Crippen molar-refractivity contribution in [3.05, 3.63) is 24.3 Å². The zero-order chi connectivity index (χ0) is 17.7. The van der Waals surface area contributed by atoms with Gasteiger partial charge in [0.1, 0.15) is 5.75 Å². The van der Waals surface area contributed by atoms with Crippen molar-refractivity contribution < 1.29 is 32.2 Å². The van der Waals surface area contributed by atoms with Crippen LogP contribution < -0.4 is 15.4 Å². The van der Waals surface area contributed by atoms with Gasteiger partial charge in [-0.05, 0) is 18.6 Å². The molecular weight excluding hydrogens is 329 g/mol. The molecule has 0 spiro atoms. The minimum Gasteiger partial charge on any atom is -0.406 e. The molecule has 0 radical (unpaired) electrons. The van der Waals surface area contributed by atoms with Crippen LogP contribution in [0.4, 0.5) is 18.9 Å². The minimum absolute atomic E-state index is 0.165. The number of methoxy groups -OCH3 is 1. The molecule has 24 heavy (non-hydrogen) atoms. The molecule has 1 aromatic rings. The zero-order valence-electron chi connectivity index (χ0n) is 12.9. The Bertz CT molecular complexity index is 607. The molecule has 0 aliphatic carbocycles. The molecule has 0 unspecified atom stereocenters. The molecule has 1 aromatic carbocycles. The van der Waals surface area contributed by atoms with Crippen LogP contribution in [0.3, 0.4) is 0 Å². The lowest BCUT2D eigenvalue weighted by atomic mass is 9.90. The molecule has 1 saturated heterocycles. The fourth-order valence-corrected chi connectivity index (χ4v) is 2.52. The van der Waals surface area contributed by atoms with E-state index < -0.39 is 30.0 Å². The van der Waals surface area contributed by atoms with Crippen molar-refractivity contribution >= 4 is 17.5 Å². The highest BCUT2D eigenvalue weighted by atomic mass is 19.4. The Labute approximate surface area is 136 Å². The third-order valence-corrected chi connectivity index (χ3v) is 3.53. The molecule has 2 rings (SSSR count). The summed E-state index contributed by atoms with van der Waals surface area (Å²) in [5, 5.41) is 5.23. The Hall–Kier alpha value is -2.29. The summed E-state index contributed by atoms with van der Waals surface area (Å²) >= 11 is 0. The largest absolute Gasteiger partial charge is 0.573 e. The van der Waals surface area contributed by atoms with Gasteiger partial charge in [-0.15, -0.1) is 13.2 Å². The van der Waals surface area contributed by atoms with Crippen LogP contribution in [0.1, 0.15) is 12.8 Å². The lowest BCUT2D eigenvalue weighted by Gasteiger charge is -2.30. The Morgan fingerprint density at radius 2 is 2.17 bits per heavy atom. The van der Waals surface area contributed by atoms with Crippen molar-refractivity contribution in [3.8, 4) is 5.75 Å². The van der Waals surface area contributed by atoms with Gasteiger partial charge in [0.2, 0.25) is 11.8 Å². The molecule has 1 fully saturated rings. The van der Waals surface area contributed by atoms with E-state index in [0.717, 1.165) is 12.1 Å². The number of hydrogen-bond acceptors (Lipinski definition) is 4. The predicted molar refractivity (Wildman–Crippen MR) is 78.3 cm³/mol. The van der Waals surface area contributed by atoms with Crippen LogP contribution in [0.5, 0.6) is 5.75 Å². The van der Waals surface area contributed by atoms with Gasteiger partial charge in [0.05, 0.1) is 18.6 Å². The van der Waals surface area contributed by atoms with E-state index in [0.29, 0.717) is 6.42 Å². The van der Waals surface area contributed by atoms with Crippen LogP contribution in [0.2, 0.25) is 0 Å². The summed E-state index contributed by atoms with van der Waals surface area (Å²) in [6.45, 7) is 0.168. The molecule has 1 aliphatic rings. The molecule has 132 valence electrons. The molecule has 0 bridgehead atoms. The standard InChI is InChI=1S/C15H17F3N2O4/c1-23-8-12-11(5-6-13(21)20-12)14(22)19-9-3-2-4-10(7-9)24-15(16,17)18/h2-4,7,11-12H,5-6,8H2,1H3,(H,19,22)(H,20,21)/t11-,12-/m1/s1. The first-order valence-corrected chi connectivity index (χ1v) is 7.23. The number of carbonyl (C=O) groups excluding carboxylic acids is 2. The van der Waals surface area contributed by atoms with E-state index in [9.17, 15) is 22.8 Å². The first-order valence-electron chi connectivity index (χ1n) is 7.23. The summed E-state index contributed by atoms with van der Waals surface area (Å²) in [7, 11) is 1.45. The smallest absolute Gasteiger partial charge is 0.406 e. The summed E-state index contributed by atoms with van der Waals surface area (Å²) < 4.78 is 45.5. The van der Waals surface area contributed by atoms with Crippen molar-refractivity contribution in [3.63, 3.8) is 0 Å². The normalized spacial score (nSPS) is 21.1. The first kappa shape index (κ1) is 18.1.